The van der Waals surface area contributed by atoms with Gasteiger partial charge in [-0.1, -0.05) is 11.6 Å². The summed E-state index contributed by atoms with van der Waals surface area (Å²) in [5.74, 6) is -0.847. The summed E-state index contributed by atoms with van der Waals surface area (Å²) in [5.41, 5.74) is 1.99. The molecule has 1 aliphatic heterocycles. The Kier molecular flexibility index (Phi) is 6.37. The van der Waals surface area contributed by atoms with Crippen LogP contribution in [0.5, 0.6) is 5.75 Å². The number of hydrazine groups is 1. The van der Waals surface area contributed by atoms with Crippen molar-refractivity contribution in [3.8, 4) is 5.75 Å². The van der Waals surface area contributed by atoms with Crippen LogP contribution in [0.25, 0.3) is 0 Å². The number of hydrogen-bond acceptors (Lipinski definition) is 6. The van der Waals surface area contributed by atoms with Crippen LogP contribution in [0, 0.1) is 5.82 Å². The van der Waals surface area contributed by atoms with Crippen molar-refractivity contribution in [2.45, 2.75) is 74.7 Å². The Labute approximate surface area is 191 Å². The molecule has 3 aliphatic carbocycles. The maximum atomic E-state index is 13.5. The van der Waals surface area contributed by atoms with Crippen LogP contribution in [-0.2, 0) is 9.59 Å². The fourth-order valence-corrected chi connectivity index (χ4v) is 5.25. The highest BCUT2D eigenvalue weighted by atomic mass is 35.5. The van der Waals surface area contributed by atoms with Crippen LogP contribution in [0.15, 0.2) is 18.2 Å². The third-order valence-corrected chi connectivity index (χ3v) is 7.58. The number of fused-ring (bicyclic) bond motifs is 3. The second-order valence-electron chi connectivity index (χ2n) is 9.44. The first-order chi connectivity index (χ1) is 15.1. The summed E-state index contributed by atoms with van der Waals surface area (Å²) in [6, 6.07) is 3.98. The number of aliphatic hydroxyl groups is 1. The second kappa shape index (κ2) is 8.78. The number of benzene rings is 1. The Morgan fingerprint density at radius 1 is 1.31 bits per heavy atom. The minimum atomic E-state index is -0.777. The third-order valence-electron chi connectivity index (χ3n) is 7.27. The average molecular weight is 469 g/mol. The largest absolute Gasteiger partial charge is 0.484 e. The number of rotatable bonds is 6. The molecule has 0 radical (unpaired) electrons. The molecule has 2 bridgehead atoms. The molecule has 0 aromatic heterocycles. The molecule has 32 heavy (non-hydrogen) atoms. The summed E-state index contributed by atoms with van der Waals surface area (Å²) in [5, 5.41) is 18.9. The Morgan fingerprint density at radius 2 is 2.03 bits per heavy atom. The van der Waals surface area contributed by atoms with Gasteiger partial charge in [-0.15, -0.1) is 0 Å². The van der Waals surface area contributed by atoms with E-state index in [1.54, 1.807) is 0 Å². The molecule has 3 unspecified atom stereocenters. The number of carbonyl (C=O) groups excluding carboxylic acids is 2. The number of aliphatic hydroxyl groups excluding tert-OH is 1. The van der Waals surface area contributed by atoms with Crippen LogP contribution in [0.1, 0.15) is 45.4 Å². The van der Waals surface area contributed by atoms with Gasteiger partial charge >= 0.3 is 0 Å². The smallest absolute Gasteiger partial charge is 0.258 e. The topological polar surface area (TPSA) is 103 Å². The van der Waals surface area contributed by atoms with Gasteiger partial charge in [0.2, 0.25) is 5.91 Å². The fourth-order valence-electron chi connectivity index (χ4n) is 5.13. The lowest BCUT2D eigenvalue weighted by molar-refractivity contribution is -0.137. The standard InChI is InChI=1S/C22H30ClFN4O4/c1-13-9-17(27-28(13)2)20(31)26-21-5-7-22(8-6-21,18(29)11-21)25-19(30)12-32-14-3-4-15(23)16(24)10-14/h3-4,10,13,17-18,27,29H,5-9,11-12H2,1-2H3,(H,25,30)(H,26,31). The van der Waals surface area contributed by atoms with Gasteiger partial charge in [0.05, 0.1) is 16.7 Å². The zero-order chi connectivity index (χ0) is 23.1. The normalized spacial score (nSPS) is 34.3. The molecule has 1 aromatic carbocycles. The van der Waals surface area contributed by atoms with Crippen molar-refractivity contribution in [1.29, 1.82) is 0 Å². The number of amides is 2. The van der Waals surface area contributed by atoms with Crippen LogP contribution in [-0.4, -0.2) is 64.8 Å². The van der Waals surface area contributed by atoms with E-state index >= 15 is 0 Å². The molecular formula is C22H30ClFN4O4. The molecule has 2 amide bonds. The molecule has 5 rings (SSSR count). The van der Waals surface area contributed by atoms with E-state index in [2.05, 4.69) is 23.0 Å². The van der Waals surface area contributed by atoms with E-state index in [1.165, 1.54) is 12.1 Å². The van der Waals surface area contributed by atoms with Crippen molar-refractivity contribution < 1.29 is 23.8 Å². The highest BCUT2D eigenvalue weighted by Crippen LogP contribution is 2.47. The first kappa shape index (κ1) is 23.2. The number of nitrogens with zero attached hydrogens (tertiary/aromatic N) is 1. The van der Waals surface area contributed by atoms with Gasteiger partial charge < -0.3 is 20.5 Å². The minimum absolute atomic E-state index is 0.0194. The van der Waals surface area contributed by atoms with E-state index in [1.807, 2.05) is 12.1 Å². The van der Waals surface area contributed by atoms with Gasteiger partial charge in [-0.3, -0.25) is 9.59 Å². The lowest BCUT2D eigenvalue weighted by Crippen LogP contribution is -2.71. The molecule has 8 nitrogen and oxygen atoms in total. The predicted molar refractivity (Wildman–Crippen MR) is 117 cm³/mol. The number of ether oxygens (including phenoxy) is 1. The van der Waals surface area contributed by atoms with Crippen molar-refractivity contribution in [2.75, 3.05) is 13.7 Å². The maximum absolute atomic E-state index is 13.5. The molecule has 1 heterocycles. The molecule has 3 saturated carbocycles. The molecule has 4 aliphatic rings. The monoisotopic (exact) mass is 468 g/mol. The van der Waals surface area contributed by atoms with Crippen LogP contribution >= 0.6 is 11.6 Å². The average Bonchev–Trinajstić information content (AvgIpc) is 3.09. The van der Waals surface area contributed by atoms with E-state index in [-0.39, 0.29) is 41.3 Å². The van der Waals surface area contributed by atoms with Crippen molar-refractivity contribution in [1.82, 2.24) is 21.1 Å². The molecule has 1 saturated heterocycles. The number of hydrogen-bond donors (Lipinski definition) is 4. The molecular weight excluding hydrogens is 439 g/mol. The van der Waals surface area contributed by atoms with Gasteiger partial charge in [-0.05, 0) is 57.6 Å². The zero-order valence-corrected chi connectivity index (χ0v) is 19.0. The first-order valence-electron chi connectivity index (χ1n) is 11.0. The van der Waals surface area contributed by atoms with Crippen molar-refractivity contribution in [3.05, 3.63) is 29.0 Å². The van der Waals surface area contributed by atoms with Crippen molar-refractivity contribution in [3.63, 3.8) is 0 Å². The van der Waals surface area contributed by atoms with Gasteiger partial charge in [0, 0.05) is 24.7 Å². The van der Waals surface area contributed by atoms with Gasteiger partial charge in [-0.2, -0.15) is 0 Å². The van der Waals surface area contributed by atoms with E-state index < -0.39 is 23.0 Å². The Hall–Kier alpha value is -1.94. The van der Waals surface area contributed by atoms with Gasteiger partial charge in [0.15, 0.2) is 6.61 Å². The summed E-state index contributed by atoms with van der Waals surface area (Å²) >= 11 is 5.65. The van der Waals surface area contributed by atoms with E-state index in [9.17, 15) is 19.1 Å². The highest BCUT2D eigenvalue weighted by molar-refractivity contribution is 6.30. The quantitative estimate of drug-likeness (QED) is 0.504. The highest BCUT2D eigenvalue weighted by Gasteiger charge is 2.55. The summed E-state index contributed by atoms with van der Waals surface area (Å²) in [7, 11) is 1.92. The zero-order valence-electron chi connectivity index (χ0n) is 18.3. The Morgan fingerprint density at radius 3 is 2.62 bits per heavy atom. The summed E-state index contributed by atoms with van der Waals surface area (Å²) in [4.78, 5) is 25.3. The second-order valence-corrected chi connectivity index (χ2v) is 9.84. The van der Waals surface area contributed by atoms with Gasteiger partial charge in [0.25, 0.3) is 5.91 Å². The third kappa shape index (κ3) is 4.57. The van der Waals surface area contributed by atoms with E-state index in [4.69, 9.17) is 16.3 Å². The first-order valence-corrected chi connectivity index (χ1v) is 11.4. The summed E-state index contributed by atoms with van der Waals surface area (Å²) < 4.78 is 18.9. The number of nitrogens with one attached hydrogen (secondary N) is 3. The van der Waals surface area contributed by atoms with Crippen molar-refractivity contribution in [2.24, 2.45) is 0 Å². The summed E-state index contributed by atoms with van der Waals surface area (Å²) in [6.45, 7) is 1.77. The van der Waals surface area contributed by atoms with E-state index in [0.717, 1.165) is 12.5 Å². The Bertz CT molecular complexity index is 883. The van der Waals surface area contributed by atoms with Crippen molar-refractivity contribution >= 4 is 23.4 Å². The van der Waals surface area contributed by atoms with Crippen LogP contribution < -0.4 is 20.8 Å². The van der Waals surface area contributed by atoms with Crippen LogP contribution in [0.4, 0.5) is 4.39 Å². The van der Waals surface area contributed by atoms with E-state index in [0.29, 0.717) is 32.1 Å². The SMILES string of the molecule is CC1CC(C(=O)NC23CCC(NC(=O)COc4ccc(Cl)c(F)c4)(CC2)C(O)C3)NN1C. The molecule has 176 valence electrons. The molecule has 3 atom stereocenters. The molecule has 4 fully saturated rings. The van der Waals surface area contributed by atoms with Gasteiger partial charge in [-0.25, -0.2) is 14.8 Å². The molecule has 1 aromatic rings. The Balaban J connectivity index is 1.31. The molecule has 0 spiro atoms. The van der Waals surface area contributed by atoms with Gasteiger partial charge in [0.1, 0.15) is 17.6 Å². The lowest BCUT2D eigenvalue weighted by atomic mass is 9.59. The molecule has 4 N–H and O–H groups in total. The number of halogens is 2. The maximum Gasteiger partial charge on any atom is 0.258 e. The molecule has 10 heteroatoms. The predicted octanol–water partition coefficient (Wildman–Crippen LogP) is 1.50. The minimum Gasteiger partial charge on any atom is -0.484 e. The van der Waals surface area contributed by atoms with Crippen LogP contribution in [0.2, 0.25) is 5.02 Å². The summed E-state index contributed by atoms with van der Waals surface area (Å²) in [6.07, 6.45) is 2.82. The van der Waals surface area contributed by atoms with Crippen LogP contribution in [0.3, 0.4) is 0 Å². The number of carbonyl (C=O) groups is 2. The fraction of sp³-hybridized carbons (Fsp3) is 0.636. The lowest BCUT2D eigenvalue weighted by Gasteiger charge is -2.56.